The van der Waals surface area contributed by atoms with Crippen molar-refractivity contribution >= 4 is 5.97 Å². The minimum atomic E-state index is -0.727. The van der Waals surface area contributed by atoms with Crippen molar-refractivity contribution in [3.8, 4) is 22.3 Å². The number of pyridine rings is 1. The second kappa shape index (κ2) is 10.5. The molecule has 4 aromatic rings. The zero-order valence-corrected chi connectivity index (χ0v) is 20.3. The molecule has 4 heteroatoms. The first-order valence-electron chi connectivity index (χ1n) is 12.6. The summed E-state index contributed by atoms with van der Waals surface area (Å²) in [6.07, 6.45) is 7.87. The van der Waals surface area contributed by atoms with Gasteiger partial charge in [-0.05, 0) is 77.1 Å². The van der Waals surface area contributed by atoms with E-state index in [-0.39, 0.29) is 11.8 Å². The molecule has 36 heavy (non-hydrogen) atoms. The second-order valence-electron chi connectivity index (χ2n) is 9.86. The van der Waals surface area contributed by atoms with Crippen LogP contribution < -0.4 is 0 Å². The number of aliphatic hydroxyl groups excluding tert-OH is 1. The number of aliphatic carboxylic acids is 1. The number of aryl methyl sites for hydroxylation is 1. The highest BCUT2D eigenvalue weighted by atomic mass is 16.4. The van der Waals surface area contributed by atoms with Gasteiger partial charge in [-0.25, -0.2) is 0 Å². The van der Waals surface area contributed by atoms with Crippen LogP contribution in [0.1, 0.15) is 54.9 Å². The molecule has 4 nitrogen and oxygen atoms in total. The number of carboxylic acid groups (broad SMARTS) is 1. The molecule has 1 atom stereocenters. The molecule has 1 heterocycles. The smallest absolute Gasteiger partial charge is 0.304 e. The van der Waals surface area contributed by atoms with Crippen LogP contribution >= 0.6 is 0 Å². The van der Waals surface area contributed by atoms with Crippen LogP contribution in [0, 0.1) is 0 Å². The fourth-order valence-electron chi connectivity index (χ4n) is 5.10. The largest absolute Gasteiger partial charge is 0.481 e. The Hall–Kier alpha value is -3.76. The van der Waals surface area contributed by atoms with Crippen LogP contribution in [0.2, 0.25) is 0 Å². The Bertz CT molecular complexity index is 1310. The lowest BCUT2D eigenvalue weighted by molar-refractivity contribution is -0.137. The normalized spacial score (nSPS) is 14.8. The van der Waals surface area contributed by atoms with Crippen molar-refractivity contribution in [2.75, 3.05) is 0 Å². The lowest BCUT2D eigenvalue weighted by Gasteiger charge is -2.14. The molecule has 0 aliphatic heterocycles. The van der Waals surface area contributed by atoms with Crippen LogP contribution in [-0.2, 0) is 16.6 Å². The Kier molecular flexibility index (Phi) is 6.97. The average molecular weight is 478 g/mol. The van der Waals surface area contributed by atoms with Gasteiger partial charge in [0.1, 0.15) is 0 Å². The number of carbonyl (C=O) groups is 1. The Morgan fingerprint density at radius 1 is 0.861 bits per heavy atom. The van der Waals surface area contributed by atoms with E-state index in [0.717, 1.165) is 53.5 Å². The van der Waals surface area contributed by atoms with Crippen molar-refractivity contribution in [2.45, 2.75) is 50.0 Å². The van der Waals surface area contributed by atoms with Gasteiger partial charge in [-0.2, -0.15) is 0 Å². The standard InChI is InChI=1S/C32H31NO3/c34-30(26-5-2-1-3-6-26)8-4-7-27-22-33-20-17-29(27)25-11-9-23(10-12-25)24-13-15-28(16-14-24)32(18-19-32)21-31(35)36/h1-3,5-6,9-17,20,22,30,34H,4,7-8,18-19,21H2,(H,35,36). The maximum atomic E-state index is 11.2. The molecule has 3 aromatic carbocycles. The fraction of sp³-hybridized carbons (Fsp3) is 0.250. The molecule has 0 bridgehead atoms. The lowest BCUT2D eigenvalue weighted by Crippen LogP contribution is -2.12. The van der Waals surface area contributed by atoms with Crippen molar-refractivity contribution in [1.82, 2.24) is 4.98 Å². The Morgan fingerprint density at radius 3 is 2.14 bits per heavy atom. The van der Waals surface area contributed by atoms with Gasteiger partial charge in [0.25, 0.3) is 0 Å². The van der Waals surface area contributed by atoms with Crippen LogP contribution in [0.4, 0.5) is 0 Å². The van der Waals surface area contributed by atoms with E-state index in [0.29, 0.717) is 6.42 Å². The van der Waals surface area contributed by atoms with E-state index < -0.39 is 12.1 Å². The fourth-order valence-corrected chi connectivity index (χ4v) is 5.10. The third-order valence-electron chi connectivity index (χ3n) is 7.38. The van der Waals surface area contributed by atoms with Gasteiger partial charge in [-0.3, -0.25) is 9.78 Å². The third-order valence-corrected chi connectivity index (χ3v) is 7.38. The highest BCUT2D eigenvalue weighted by Gasteiger charge is 2.45. The molecule has 1 unspecified atom stereocenters. The highest BCUT2D eigenvalue weighted by molar-refractivity contribution is 5.73. The number of hydrogen-bond donors (Lipinski definition) is 2. The molecule has 1 aliphatic rings. The van der Waals surface area contributed by atoms with Crippen LogP contribution in [0.15, 0.2) is 97.3 Å². The summed E-state index contributed by atoms with van der Waals surface area (Å²) in [5.74, 6) is -0.727. The summed E-state index contributed by atoms with van der Waals surface area (Å²) in [5, 5.41) is 19.7. The van der Waals surface area contributed by atoms with E-state index in [4.69, 9.17) is 0 Å². The van der Waals surface area contributed by atoms with Gasteiger partial charge >= 0.3 is 5.97 Å². The van der Waals surface area contributed by atoms with Crippen LogP contribution in [0.25, 0.3) is 22.3 Å². The first kappa shape index (κ1) is 24.0. The van der Waals surface area contributed by atoms with Gasteiger partial charge in [-0.15, -0.1) is 0 Å². The van der Waals surface area contributed by atoms with Crippen LogP contribution in [0.3, 0.4) is 0 Å². The monoisotopic (exact) mass is 477 g/mol. The van der Waals surface area contributed by atoms with E-state index >= 15 is 0 Å². The molecule has 5 rings (SSSR count). The molecule has 1 saturated carbocycles. The molecule has 2 N–H and O–H groups in total. The molecular formula is C32H31NO3. The van der Waals surface area contributed by atoms with E-state index in [1.165, 1.54) is 11.1 Å². The summed E-state index contributed by atoms with van der Waals surface area (Å²) in [5.41, 5.74) is 7.69. The maximum absolute atomic E-state index is 11.2. The van der Waals surface area contributed by atoms with E-state index in [2.05, 4.69) is 59.6 Å². The SMILES string of the molecule is O=C(O)CC1(c2ccc(-c3ccc(-c4ccncc4CCCC(O)c4ccccc4)cc3)cc2)CC1. The number of benzene rings is 3. The van der Waals surface area contributed by atoms with Gasteiger partial charge < -0.3 is 10.2 Å². The van der Waals surface area contributed by atoms with Crippen molar-refractivity contribution in [3.63, 3.8) is 0 Å². The molecule has 182 valence electrons. The quantitative estimate of drug-likeness (QED) is 0.259. The van der Waals surface area contributed by atoms with Gasteiger partial charge in [0.15, 0.2) is 0 Å². The van der Waals surface area contributed by atoms with Gasteiger partial charge in [0, 0.05) is 17.8 Å². The minimum Gasteiger partial charge on any atom is -0.481 e. The minimum absolute atomic E-state index is 0.164. The number of aliphatic hydroxyl groups is 1. The summed E-state index contributed by atoms with van der Waals surface area (Å²) in [4.78, 5) is 15.6. The Balaban J connectivity index is 1.26. The van der Waals surface area contributed by atoms with E-state index in [1.54, 1.807) is 0 Å². The molecule has 0 amide bonds. The molecule has 0 spiro atoms. The first-order valence-corrected chi connectivity index (χ1v) is 12.6. The molecule has 1 aliphatic carbocycles. The molecular weight excluding hydrogens is 446 g/mol. The number of hydrogen-bond acceptors (Lipinski definition) is 3. The summed E-state index contributed by atoms with van der Waals surface area (Å²) in [7, 11) is 0. The summed E-state index contributed by atoms with van der Waals surface area (Å²) in [6, 6.07) is 28.8. The van der Waals surface area contributed by atoms with Crippen molar-refractivity contribution in [3.05, 3.63) is 114 Å². The Labute approximate surface area is 212 Å². The topological polar surface area (TPSA) is 70.4 Å². The molecule has 1 fully saturated rings. The maximum Gasteiger partial charge on any atom is 0.304 e. The van der Waals surface area contributed by atoms with Crippen LogP contribution in [0.5, 0.6) is 0 Å². The second-order valence-corrected chi connectivity index (χ2v) is 9.86. The molecule has 1 aromatic heterocycles. The molecule has 0 saturated heterocycles. The van der Waals surface area contributed by atoms with Gasteiger partial charge in [-0.1, -0.05) is 78.9 Å². The van der Waals surface area contributed by atoms with E-state index in [9.17, 15) is 15.0 Å². The average Bonchev–Trinajstić information content (AvgIpc) is 3.69. The summed E-state index contributed by atoms with van der Waals surface area (Å²) >= 11 is 0. The number of nitrogens with zero attached hydrogens (tertiary/aromatic N) is 1. The van der Waals surface area contributed by atoms with Gasteiger partial charge in [0.05, 0.1) is 12.5 Å². The first-order chi connectivity index (χ1) is 17.5. The predicted molar refractivity (Wildman–Crippen MR) is 143 cm³/mol. The summed E-state index contributed by atoms with van der Waals surface area (Å²) in [6.45, 7) is 0. The predicted octanol–water partition coefficient (Wildman–Crippen LogP) is 6.98. The van der Waals surface area contributed by atoms with Crippen molar-refractivity contribution < 1.29 is 15.0 Å². The lowest BCUT2D eigenvalue weighted by atomic mass is 9.90. The third kappa shape index (κ3) is 5.39. The summed E-state index contributed by atoms with van der Waals surface area (Å²) < 4.78 is 0. The van der Waals surface area contributed by atoms with Crippen LogP contribution in [-0.4, -0.2) is 21.2 Å². The Morgan fingerprint density at radius 2 is 1.50 bits per heavy atom. The molecule has 0 radical (unpaired) electrons. The number of rotatable bonds is 10. The number of aromatic nitrogens is 1. The number of carboxylic acids is 1. The zero-order chi connectivity index (χ0) is 25.0. The van der Waals surface area contributed by atoms with Crippen molar-refractivity contribution in [1.29, 1.82) is 0 Å². The zero-order valence-electron chi connectivity index (χ0n) is 20.3. The van der Waals surface area contributed by atoms with E-state index in [1.807, 2.05) is 42.7 Å². The highest BCUT2D eigenvalue weighted by Crippen LogP contribution is 2.51. The van der Waals surface area contributed by atoms with Gasteiger partial charge in [0.2, 0.25) is 0 Å². The van der Waals surface area contributed by atoms with Crippen molar-refractivity contribution in [2.24, 2.45) is 0 Å².